The average molecular weight is 459 g/mol. The van der Waals surface area contributed by atoms with Crippen LogP contribution in [0.5, 0.6) is 5.75 Å². The largest absolute Gasteiger partial charge is 0.475 e. The number of aromatic nitrogens is 4. The number of nitrogens with one attached hydrogen (secondary N) is 1. The van der Waals surface area contributed by atoms with Crippen LogP contribution in [0.25, 0.3) is 0 Å². The molecule has 0 unspecified atom stereocenters. The van der Waals surface area contributed by atoms with E-state index in [-0.39, 0.29) is 5.78 Å². The fourth-order valence-electron chi connectivity index (χ4n) is 4.41. The van der Waals surface area contributed by atoms with Crippen LogP contribution < -0.4 is 4.74 Å². The molecule has 168 valence electrons. The Morgan fingerprint density at radius 3 is 2.70 bits per heavy atom. The van der Waals surface area contributed by atoms with E-state index in [1.807, 2.05) is 73.4 Å². The fraction of sp³-hybridized carbons (Fsp3) is 0.269. The Morgan fingerprint density at radius 2 is 1.97 bits per heavy atom. The minimum absolute atomic E-state index is 0.211. The second-order valence-electron chi connectivity index (χ2n) is 8.39. The van der Waals surface area contributed by atoms with Crippen molar-refractivity contribution in [1.82, 2.24) is 19.5 Å². The summed E-state index contributed by atoms with van der Waals surface area (Å²) >= 11 is 1.65. The SMILES string of the molecule is Cn1ccnc1SCc1c(O[C@@](C)(c2ccccc2)c2ncc[nH]2)ccc2c1CCCC2=O. The number of carbonyl (C=O) groups is 1. The van der Waals surface area contributed by atoms with E-state index in [1.54, 1.807) is 24.2 Å². The number of hydrogen-bond acceptors (Lipinski definition) is 5. The number of H-pyrrole nitrogens is 1. The van der Waals surface area contributed by atoms with E-state index in [4.69, 9.17) is 4.74 Å². The Bertz CT molecular complexity index is 1270. The first kappa shape index (κ1) is 21.5. The molecule has 1 atom stereocenters. The molecule has 2 heterocycles. The second-order valence-corrected chi connectivity index (χ2v) is 9.34. The minimum Gasteiger partial charge on any atom is -0.475 e. The van der Waals surface area contributed by atoms with Crippen molar-refractivity contribution in [2.45, 2.75) is 42.7 Å². The molecule has 0 radical (unpaired) electrons. The van der Waals surface area contributed by atoms with Crippen molar-refractivity contribution in [1.29, 1.82) is 0 Å². The van der Waals surface area contributed by atoms with Gasteiger partial charge in [-0.15, -0.1) is 0 Å². The van der Waals surface area contributed by atoms with Crippen molar-refractivity contribution in [2.75, 3.05) is 0 Å². The maximum absolute atomic E-state index is 12.7. The van der Waals surface area contributed by atoms with E-state index < -0.39 is 5.60 Å². The highest BCUT2D eigenvalue weighted by Crippen LogP contribution is 2.40. The Labute approximate surface area is 197 Å². The van der Waals surface area contributed by atoms with Gasteiger partial charge >= 0.3 is 0 Å². The summed E-state index contributed by atoms with van der Waals surface area (Å²) in [5, 5.41) is 0.928. The second kappa shape index (κ2) is 8.90. The first-order valence-electron chi connectivity index (χ1n) is 11.1. The first-order chi connectivity index (χ1) is 16.1. The van der Waals surface area contributed by atoms with Crippen LogP contribution in [0, 0.1) is 0 Å². The van der Waals surface area contributed by atoms with Crippen molar-refractivity contribution >= 4 is 17.5 Å². The molecule has 2 aromatic carbocycles. The lowest BCUT2D eigenvalue weighted by Crippen LogP contribution is -2.33. The first-order valence-corrected chi connectivity index (χ1v) is 12.1. The molecule has 2 aromatic heterocycles. The van der Waals surface area contributed by atoms with Gasteiger partial charge < -0.3 is 14.3 Å². The summed E-state index contributed by atoms with van der Waals surface area (Å²) in [6.07, 6.45) is 9.63. The number of aromatic amines is 1. The van der Waals surface area contributed by atoms with Gasteiger partial charge in [-0.1, -0.05) is 42.1 Å². The lowest BCUT2D eigenvalue weighted by molar-refractivity contribution is 0.0971. The molecule has 0 bridgehead atoms. The number of imidazole rings is 2. The number of benzene rings is 2. The fourth-order valence-corrected chi connectivity index (χ4v) is 5.40. The van der Waals surface area contributed by atoms with Crippen LogP contribution in [0.15, 0.2) is 72.4 Å². The summed E-state index contributed by atoms with van der Waals surface area (Å²) in [5.74, 6) is 2.38. The number of hydrogen-bond donors (Lipinski definition) is 1. The Hall–Kier alpha value is -3.32. The normalized spacial score (nSPS) is 15.2. The van der Waals surface area contributed by atoms with Crippen LogP contribution in [0.2, 0.25) is 0 Å². The predicted octanol–water partition coefficient (Wildman–Crippen LogP) is 5.30. The van der Waals surface area contributed by atoms with Crippen molar-refractivity contribution in [2.24, 2.45) is 7.05 Å². The lowest BCUT2D eigenvalue weighted by atomic mass is 9.87. The van der Waals surface area contributed by atoms with Crippen LogP contribution in [0.3, 0.4) is 0 Å². The van der Waals surface area contributed by atoms with Crippen molar-refractivity contribution in [3.05, 3.63) is 95.3 Å². The van der Waals surface area contributed by atoms with Gasteiger partial charge in [0.15, 0.2) is 22.4 Å². The molecule has 1 aliphatic rings. The van der Waals surface area contributed by atoms with Crippen molar-refractivity contribution in [3.63, 3.8) is 0 Å². The average Bonchev–Trinajstić information content (AvgIpc) is 3.51. The van der Waals surface area contributed by atoms with Crippen LogP contribution in [0.4, 0.5) is 0 Å². The Kier molecular flexibility index (Phi) is 5.81. The molecule has 0 saturated carbocycles. The molecule has 0 spiro atoms. The van der Waals surface area contributed by atoms with Crippen molar-refractivity contribution < 1.29 is 9.53 Å². The minimum atomic E-state index is -0.819. The number of rotatable bonds is 7. The van der Waals surface area contributed by atoms with Gasteiger partial charge in [-0.2, -0.15) is 0 Å². The van der Waals surface area contributed by atoms with Gasteiger partial charge in [0.05, 0.1) is 0 Å². The van der Waals surface area contributed by atoms with Crippen LogP contribution in [0.1, 0.15) is 52.6 Å². The van der Waals surface area contributed by atoms with E-state index in [0.717, 1.165) is 51.8 Å². The standard InChI is InChI=1S/C26H26N4O2S/c1-26(24-27-13-14-28-24,18-7-4-3-5-8-18)32-23-12-11-20-19(9-6-10-22(20)31)21(23)17-33-25-29-15-16-30(25)2/h3-5,7-8,11-16H,6,9-10,17H2,1-2H3,(H,27,28)/t26-/m0/s1. The third-order valence-corrected chi connectivity index (χ3v) is 7.32. The third-order valence-electron chi connectivity index (χ3n) is 6.23. The van der Waals surface area contributed by atoms with Crippen LogP contribution in [-0.4, -0.2) is 25.3 Å². The number of carbonyl (C=O) groups excluding carboxylic acids is 1. The summed E-state index contributed by atoms with van der Waals surface area (Å²) in [7, 11) is 1.99. The lowest BCUT2D eigenvalue weighted by Gasteiger charge is -2.32. The smallest absolute Gasteiger partial charge is 0.188 e. The molecule has 0 amide bonds. The number of aryl methyl sites for hydroxylation is 1. The van der Waals surface area contributed by atoms with E-state index in [0.29, 0.717) is 12.2 Å². The van der Waals surface area contributed by atoms with Gasteiger partial charge in [0, 0.05) is 60.7 Å². The quantitative estimate of drug-likeness (QED) is 0.381. The summed E-state index contributed by atoms with van der Waals surface area (Å²) in [5.41, 5.74) is 3.16. The highest BCUT2D eigenvalue weighted by Gasteiger charge is 2.35. The number of thioether (sulfide) groups is 1. The zero-order chi connectivity index (χ0) is 22.8. The van der Waals surface area contributed by atoms with Crippen LogP contribution >= 0.6 is 11.8 Å². The van der Waals surface area contributed by atoms with Gasteiger partial charge in [-0.25, -0.2) is 9.97 Å². The molecule has 6 nitrogen and oxygen atoms in total. The molecule has 4 aromatic rings. The molecule has 7 heteroatoms. The topological polar surface area (TPSA) is 72.8 Å². The summed E-state index contributed by atoms with van der Waals surface area (Å²) in [6.45, 7) is 2.03. The predicted molar refractivity (Wildman–Crippen MR) is 129 cm³/mol. The summed E-state index contributed by atoms with van der Waals surface area (Å²) < 4.78 is 8.82. The summed E-state index contributed by atoms with van der Waals surface area (Å²) in [6, 6.07) is 14.0. The molecule has 0 aliphatic heterocycles. The zero-order valence-electron chi connectivity index (χ0n) is 18.7. The molecule has 5 rings (SSSR count). The van der Waals surface area contributed by atoms with Gasteiger partial charge in [-0.3, -0.25) is 4.79 Å². The van der Waals surface area contributed by atoms with E-state index in [2.05, 4.69) is 15.0 Å². The Morgan fingerprint density at radius 1 is 1.12 bits per heavy atom. The molecule has 0 saturated heterocycles. The number of nitrogens with zero attached hydrogens (tertiary/aromatic N) is 3. The number of ether oxygens (including phenoxy) is 1. The number of fused-ring (bicyclic) bond motifs is 1. The van der Waals surface area contributed by atoms with Gasteiger partial charge in [-0.05, 0) is 37.5 Å². The van der Waals surface area contributed by atoms with E-state index in [1.165, 1.54) is 0 Å². The third kappa shape index (κ3) is 4.09. The zero-order valence-corrected chi connectivity index (χ0v) is 19.6. The number of Topliss-reactive ketones (excluding diaryl/α,β-unsaturated/α-hetero) is 1. The van der Waals surface area contributed by atoms with E-state index in [9.17, 15) is 4.79 Å². The molecule has 1 aliphatic carbocycles. The van der Waals surface area contributed by atoms with E-state index >= 15 is 0 Å². The van der Waals surface area contributed by atoms with Gasteiger partial charge in [0.25, 0.3) is 0 Å². The molecular formula is C26H26N4O2S. The molecule has 0 fully saturated rings. The monoisotopic (exact) mass is 458 g/mol. The highest BCUT2D eigenvalue weighted by molar-refractivity contribution is 7.98. The molecule has 1 N–H and O–H groups in total. The molecular weight excluding hydrogens is 432 g/mol. The maximum Gasteiger partial charge on any atom is 0.188 e. The van der Waals surface area contributed by atoms with Crippen molar-refractivity contribution in [3.8, 4) is 5.75 Å². The maximum atomic E-state index is 12.7. The van der Waals surface area contributed by atoms with Crippen LogP contribution in [-0.2, 0) is 24.8 Å². The molecule has 33 heavy (non-hydrogen) atoms. The van der Waals surface area contributed by atoms with Gasteiger partial charge in [0.1, 0.15) is 5.75 Å². The number of ketones is 1. The Balaban J connectivity index is 1.59. The highest BCUT2D eigenvalue weighted by atomic mass is 32.2. The van der Waals surface area contributed by atoms with Gasteiger partial charge in [0.2, 0.25) is 0 Å². The summed E-state index contributed by atoms with van der Waals surface area (Å²) in [4.78, 5) is 24.9.